The van der Waals surface area contributed by atoms with Crippen molar-refractivity contribution in [2.75, 3.05) is 0 Å². The van der Waals surface area contributed by atoms with Crippen LogP contribution in [0.1, 0.15) is 65.7 Å². The lowest BCUT2D eigenvalue weighted by atomic mass is 9.87. The van der Waals surface area contributed by atoms with E-state index in [-0.39, 0.29) is 11.8 Å². The molecule has 0 aromatic carbocycles. The largest absolute Gasteiger partial charge is 0.369 e. The maximum absolute atomic E-state index is 11.1. The molecule has 0 heterocycles. The van der Waals surface area contributed by atoms with Gasteiger partial charge in [-0.25, -0.2) is 0 Å². The normalized spacial score (nSPS) is 14.9. The van der Waals surface area contributed by atoms with E-state index in [1.54, 1.807) is 0 Å². The van der Waals surface area contributed by atoms with E-state index in [1.807, 2.05) is 6.92 Å². The molecule has 15 heavy (non-hydrogen) atoms. The van der Waals surface area contributed by atoms with E-state index < -0.39 is 0 Å². The monoisotopic (exact) mass is 213 g/mol. The minimum Gasteiger partial charge on any atom is -0.369 e. The Morgan fingerprint density at radius 2 is 1.73 bits per heavy atom. The summed E-state index contributed by atoms with van der Waals surface area (Å²) in [6, 6.07) is 0. The summed E-state index contributed by atoms with van der Waals surface area (Å²) in [6.45, 7) is 6.42. The fourth-order valence-corrected chi connectivity index (χ4v) is 2.16. The van der Waals surface area contributed by atoms with Gasteiger partial charge in [0, 0.05) is 5.92 Å². The predicted octanol–water partition coefficient (Wildman–Crippen LogP) is 3.49. The van der Waals surface area contributed by atoms with Crippen molar-refractivity contribution < 1.29 is 4.79 Å². The molecule has 2 atom stereocenters. The number of hydrogen-bond acceptors (Lipinski definition) is 1. The number of primary amides is 1. The van der Waals surface area contributed by atoms with Crippen LogP contribution < -0.4 is 5.73 Å². The van der Waals surface area contributed by atoms with Crippen molar-refractivity contribution >= 4 is 5.91 Å². The van der Waals surface area contributed by atoms with E-state index in [0.717, 1.165) is 12.8 Å². The molecule has 0 saturated carbocycles. The highest BCUT2D eigenvalue weighted by atomic mass is 16.1. The van der Waals surface area contributed by atoms with Gasteiger partial charge in [0.05, 0.1) is 0 Å². The molecular formula is C13H27NO. The van der Waals surface area contributed by atoms with Gasteiger partial charge in [-0.1, -0.05) is 52.9 Å². The highest BCUT2D eigenvalue weighted by molar-refractivity contribution is 5.76. The lowest BCUT2D eigenvalue weighted by molar-refractivity contribution is -0.123. The Labute approximate surface area is 94.6 Å². The van der Waals surface area contributed by atoms with E-state index in [0.29, 0.717) is 5.92 Å². The zero-order valence-corrected chi connectivity index (χ0v) is 10.6. The van der Waals surface area contributed by atoms with Crippen LogP contribution in [0.15, 0.2) is 0 Å². The SMILES string of the molecule is CCCCCCCC(C)C(CC)C(N)=O. The molecule has 0 bridgehead atoms. The third-order valence-corrected chi connectivity index (χ3v) is 3.26. The van der Waals surface area contributed by atoms with Crippen molar-refractivity contribution in [3.05, 3.63) is 0 Å². The summed E-state index contributed by atoms with van der Waals surface area (Å²) >= 11 is 0. The van der Waals surface area contributed by atoms with Gasteiger partial charge in [0.15, 0.2) is 0 Å². The fraction of sp³-hybridized carbons (Fsp3) is 0.923. The number of carbonyl (C=O) groups is 1. The first-order valence-corrected chi connectivity index (χ1v) is 6.42. The molecule has 2 heteroatoms. The van der Waals surface area contributed by atoms with Gasteiger partial charge in [-0.3, -0.25) is 4.79 Å². The molecule has 0 aromatic rings. The first-order chi connectivity index (χ1) is 7.13. The van der Waals surface area contributed by atoms with E-state index in [4.69, 9.17) is 5.73 Å². The standard InChI is InChI=1S/C13H27NO/c1-4-6-7-8-9-10-11(3)12(5-2)13(14)15/h11-12H,4-10H2,1-3H3,(H2,14,15). The Bertz CT molecular complexity index is 168. The Morgan fingerprint density at radius 1 is 1.13 bits per heavy atom. The molecule has 90 valence electrons. The average molecular weight is 213 g/mol. The van der Waals surface area contributed by atoms with Gasteiger partial charge in [0.2, 0.25) is 5.91 Å². The summed E-state index contributed by atoms with van der Waals surface area (Å²) in [5, 5.41) is 0. The Balaban J connectivity index is 3.62. The molecule has 0 fully saturated rings. The van der Waals surface area contributed by atoms with Crippen LogP contribution in [0.4, 0.5) is 0 Å². The fourth-order valence-electron chi connectivity index (χ4n) is 2.16. The average Bonchev–Trinajstić information content (AvgIpc) is 2.18. The second-order valence-corrected chi connectivity index (χ2v) is 4.60. The quantitative estimate of drug-likeness (QED) is 0.585. The van der Waals surface area contributed by atoms with Gasteiger partial charge >= 0.3 is 0 Å². The molecule has 0 radical (unpaired) electrons. The van der Waals surface area contributed by atoms with Gasteiger partial charge in [-0.2, -0.15) is 0 Å². The Hall–Kier alpha value is -0.530. The third-order valence-electron chi connectivity index (χ3n) is 3.26. The molecule has 1 amide bonds. The van der Waals surface area contributed by atoms with Crippen LogP contribution in [0.25, 0.3) is 0 Å². The van der Waals surface area contributed by atoms with Crippen LogP contribution in [0, 0.1) is 11.8 Å². The number of amides is 1. The second-order valence-electron chi connectivity index (χ2n) is 4.60. The van der Waals surface area contributed by atoms with Crippen LogP contribution >= 0.6 is 0 Å². The molecule has 0 aliphatic rings. The van der Waals surface area contributed by atoms with E-state index in [2.05, 4.69) is 13.8 Å². The number of unbranched alkanes of at least 4 members (excludes halogenated alkanes) is 4. The minimum absolute atomic E-state index is 0.0798. The molecule has 2 N–H and O–H groups in total. The van der Waals surface area contributed by atoms with Gasteiger partial charge in [0.1, 0.15) is 0 Å². The highest BCUT2D eigenvalue weighted by Crippen LogP contribution is 2.21. The van der Waals surface area contributed by atoms with Crippen molar-refractivity contribution in [3.63, 3.8) is 0 Å². The Morgan fingerprint density at radius 3 is 2.20 bits per heavy atom. The van der Waals surface area contributed by atoms with Crippen molar-refractivity contribution in [2.45, 2.75) is 65.7 Å². The summed E-state index contributed by atoms with van der Waals surface area (Å²) < 4.78 is 0. The molecule has 0 saturated heterocycles. The van der Waals surface area contributed by atoms with Crippen molar-refractivity contribution in [3.8, 4) is 0 Å². The summed E-state index contributed by atoms with van der Waals surface area (Å²) in [7, 11) is 0. The molecule has 0 spiro atoms. The van der Waals surface area contributed by atoms with Crippen LogP contribution in [0.2, 0.25) is 0 Å². The lowest BCUT2D eigenvalue weighted by Crippen LogP contribution is -2.28. The smallest absolute Gasteiger partial charge is 0.220 e. The second kappa shape index (κ2) is 8.75. The summed E-state index contributed by atoms with van der Waals surface area (Å²) in [5.74, 6) is 0.406. The molecule has 2 unspecified atom stereocenters. The first kappa shape index (κ1) is 14.5. The van der Waals surface area contributed by atoms with Gasteiger partial charge < -0.3 is 5.73 Å². The van der Waals surface area contributed by atoms with E-state index in [9.17, 15) is 4.79 Å². The number of rotatable bonds is 9. The molecule has 0 aliphatic carbocycles. The number of hydrogen-bond donors (Lipinski definition) is 1. The van der Waals surface area contributed by atoms with Crippen LogP contribution in [-0.4, -0.2) is 5.91 Å². The maximum Gasteiger partial charge on any atom is 0.220 e. The van der Waals surface area contributed by atoms with Crippen LogP contribution in [-0.2, 0) is 4.79 Å². The van der Waals surface area contributed by atoms with Gasteiger partial charge in [-0.15, -0.1) is 0 Å². The molecule has 2 nitrogen and oxygen atoms in total. The zero-order valence-electron chi connectivity index (χ0n) is 10.6. The van der Waals surface area contributed by atoms with Crippen molar-refractivity contribution in [1.82, 2.24) is 0 Å². The van der Waals surface area contributed by atoms with Gasteiger partial charge in [-0.05, 0) is 18.8 Å². The summed E-state index contributed by atoms with van der Waals surface area (Å²) in [5.41, 5.74) is 5.36. The molecule has 0 aromatic heterocycles. The maximum atomic E-state index is 11.1. The van der Waals surface area contributed by atoms with Crippen molar-refractivity contribution in [1.29, 1.82) is 0 Å². The minimum atomic E-state index is -0.126. The highest BCUT2D eigenvalue weighted by Gasteiger charge is 2.19. The molecular weight excluding hydrogens is 186 g/mol. The topological polar surface area (TPSA) is 43.1 Å². The Kier molecular flexibility index (Phi) is 8.44. The van der Waals surface area contributed by atoms with Gasteiger partial charge in [0.25, 0.3) is 0 Å². The van der Waals surface area contributed by atoms with E-state index >= 15 is 0 Å². The van der Waals surface area contributed by atoms with Crippen molar-refractivity contribution in [2.24, 2.45) is 17.6 Å². The predicted molar refractivity (Wildman–Crippen MR) is 65.5 cm³/mol. The van der Waals surface area contributed by atoms with Crippen LogP contribution in [0.3, 0.4) is 0 Å². The number of nitrogens with two attached hydrogens (primary N) is 1. The number of carbonyl (C=O) groups excluding carboxylic acids is 1. The molecule has 0 aliphatic heterocycles. The molecule has 0 rings (SSSR count). The summed E-state index contributed by atoms with van der Waals surface area (Å²) in [4.78, 5) is 11.1. The first-order valence-electron chi connectivity index (χ1n) is 6.42. The van der Waals surface area contributed by atoms with Crippen LogP contribution in [0.5, 0.6) is 0 Å². The lowest BCUT2D eigenvalue weighted by Gasteiger charge is -2.19. The zero-order chi connectivity index (χ0) is 11.7. The third kappa shape index (κ3) is 6.53. The van der Waals surface area contributed by atoms with E-state index in [1.165, 1.54) is 32.1 Å². The summed E-state index contributed by atoms with van der Waals surface area (Å²) in [6.07, 6.45) is 8.52.